The molecule has 0 atom stereocenters. The fourth-order valence-corrected chi connectivity index (χ4v) is 2.70. The van der Waals surface area contributed by atoms with Crippen molar-refractivity contribution in [2.45, 2.75) is 19.4 Å². The van der Waals surface area contributed by atoms with Crippen LogP contribution in [0.1, 0.15) is 23.1 Å². The molecule has 114 valence electrons. The highest BCUT2D eigenvalue weighted by molar-refractivity contribution is 6.62. The predicted molar refractivity (Wildman–Crippen MR) is 90.2 cm³/mol. The molecule has 1 aliphatic heterocycles. The maximum Gasteiger partial charge on any atom is 0.492 e. The smallest absolute Gasteiger partial charge is 0.423 e. The summed E-state index contributed by atoms with van der Waals surface area (Å²) >= 11 is 0. The highest BCUT2D eigenvalue weighted by Gasteiger charge is 2.29. The molecule has 1 heterocycles. The molecule has 2 aromatic rings. The fraction of sp³-hybridized carbons (Fsp3) is 0.167. The largest absolute Gasteiger partial charge is 0.492 e. The molecule has 0 radical (unpaired) electrons. The molecule has 0 aliphatic carbocycles. The van der Waals surface area contributed by atoms with Crippen molar-refractivity contribution in [3.8, 4) is 12.3 Å². The Morgan fingerprint density at radius 1 is 1.30 bits per heavy atom. The lowest BCUT2D eigenvalue weighted by Crippen LogP contribution is -2.31. The van der Waals surface area contributed by atoms with Crippen molar-refractivity contribution in [1.82, 2.24) is 0 Å². The van der Waals surface area contributed by atoms with E-state index in [2.05, 4.69) is 11.2 Å². The molecule has 1 amide bonds. The van der Waals surface area contributed by atoms with Crippen LogP contribution in [0.3, 0.4) is 0 Å². The first-order valence-electron chi connectivity index (χ1n) is 7.44. The Morgan fingerprint density at radius 3 is 2.83 bits per heavy atom. The molecule has 0 unspecified atom stereocenters. The van der Waals surface area contributed by atoms with Gasteiger partial charge in [-0.05, 0) is 47.3 Å². The van der Waals surface area contributed by atoms with E-state index in [1.54, 1.807) is 24.3 Å². The number of rotatable bonds is 4. The van der Waals surface area contributed by atoms with Crippen molar-refractivity contribution >= 4 is 24.2 Å². The number of hydrogen-bond donors (Lipinski definition) is 2. The van der Waals surface area contributed by atoms with Gasteiger partial charge in [0.1, 0.15) is 0 Å². The number of carbonyl (C=O) groups is 1. The van der Waals surface area contributed by atoms with Crippen molar-refractivity contribution in [3.05, 3.63) is 59.2 Å². The SMILES string of the molecule is C#Cc1ccc(NC(=O)CCc2cccc3c2B(O)OC3)cc1. The van der Waals surface area contributed by atoms with Crippen LogP contribution in [-0.2, 0) is 22.5 Å². The van der Waals surface area contributed by atoms with Gasteiger partial charge < -0.3 is 15.0 Å². The summed E-state index contributed by atoms with van der Waals surface area (Å²) in [5.74, 6) is 2.45. The van der Waals surface area contributed by atoms with E-state index in [4.69, 9.17) is 11.1 Å². The van der Waals surface area contributed by atoms with Crippen molar-refractivity contribution in [2.75, 3.05) is 5.32 Å². The summed E-state index contributed by atoms with van der Waals surface area (Å²) in [6, 6.07) is 12.9. The Balaban J connectivity index is 1.61. The molecule has 0 bridgehead atoms. The Kier molecular flexibility index (Phi) is 4.47. The van der Waals surface area contributed by atoms with E-state index in [1.807, 2.05) is 18.2 Å². The molecule has 2 aromatic carbocycles. The average molecular weight is 305 g/mol. The summed E-state index contributed by atoms with van der Waals surface area (Å²) in [6.45, 7) is 0.415. The van der Waals surface area contributed by atoms with Gasteiger partial charge in [0.25, 0.3) is 0 Å². The van der Waals surface area contributed by atoms with Gasteiger partial charge in [-0.25, -0.2) is 0 Å². The summed E-state index contributed by atoms with van der Waals surface area (Å²) < 4.78 is 5.23. The monoisotopic (exact) mass is 305 g/mol. The molecule has 0 aromatic heterocycles. The second-order valence-corrected chi connectivity index (χ2v) is 5.42. The lowest BCUT2D eigenvalue weighted by Gasteiger charge is -2.09. The molecule has 5 heteroatoms. The van der Waals surface area contributed by atoms with Crippen LogP contribution in [0.15, 0.2) is 42.5 Å². The van der Waals surface area contributed by atoms with Gasteiger partial charge in [0.15, 0.2) is 0 Å². The maximum atomic E-state index is 12.1. The summed E-state index contributed by atoms with van der Waals surface area (Å²) in [5.41, 5.74) is 4.23. The van der Waals surface area contributed by atoms with E-state index in [-0.39, 0.29) is 5.91 Å². The van der Waals surface area contributed by atoms with Gasteiger partial charge in [-0.1, -0.05) is 24.1 Å². The Bertz CT molecular complexity index is 765. The minimum Gasteiger partial charge on any atom is -0.423 e. The normalized spacial score (nSPS) is 12.6. The second kappa shape index (κ2) is 6.70. The van der Waals surface area contributed by atoms with Crippen molar-refractivity contribution in [3.63, 3.8) is 0 Å². The summed E-state index contributed by atoms with van der Waals surface area (Å²) in [4.78, 5) is 12.1. The Morgan fingerprint density at radius 2 is 2.09 bits per heavy atom. The zero-order chi connectivity index (χ0) is 16.2. The number of benzene rings is 2. The number of anilines is 1. The average Bonchev–Trinajstić information content (AvgIpc) is 2.96. The number of fused-ring (bicyclic) bond motifs is 1. The van der Waals surface area contributed by atoms with Crippen LogP contribution in [0, 0.1) is 12.3 Å². The van der Waals surface area contributed by atoms with Crippen LogP contribution in [-0.4, -0.2) is 18.0 Å². The number of carbonyl (C=O) groups excluding carboxylic acids is 1. The van der Waals surface area contributed by atoms with Gasteiger partial charge >= 0.3 is 7.12 Å². The van der Waals surface area contributed by atoms with Gasteiger partial charge in [-0.2, -0.15) is 0 Å². The van der Waals surface area contributed by atoms with Gasteiger partial charge in [-0.15, -0.1) is 6.42 Å². The quantitative estimate of drug-likeness (QED) is 0.664. The Hall–Kier alpha value is -2.55. The number of aryl methyl sites for hydroxylation is 1. The van der Waals surface area contributed by atoms with Gasteiger partial charge in [-0.3, -0.25) is 4.79 Å². The molecule has 0 fully saturated rings. The molecule has 2 N–H and O–H groups in total. The first kappa shape index (κ1) is 15.4. The highest BCUT2D eigenvalue weighted by atomic mass is 16.5. The van der Waals surface area contributed by atoms with E-state index in [1.165, 1.54) is 0 Å². The summed E-state index contributed by atoms with van der Waals surface area (Å²) in [6.07, 6.45) is 6.19. The first-order chi connectivity index (χ1) is 11.2. The van der Waals surface area contributed by atoms with Gasteiger partial charge in [0.2, 0.25) is 5.91 Å². The molecule has 1 aliphatic rings. The molecule has 23 heavy (non-hydrogen) atoms. The van der Waals surface area contributed by atoms with Crippen LogP contribution in [0.4, 0.5) is 5.69 Å². The van der Waals surface area contributed by atoms with Crippen molar-refractivity contribution < 1.29 is 14.5 Å². The molecule has 0 saturated heterocycles. The number of terminal acetylenes is 1. The van der Waals surface area contributed by atoms with E-state index in [0.29, 0.717) is 19.4 Å². The lowest BCUT2D eigenvalue weighted by atomic mass is 9.75. The zero-order valence-corrected chi connectivity index (χ0v) is 12.6. The molecule has 4 nitrogen and oxygen atoms in total. The standard InChI is InChI=1S/C18H16BNO3/c1-2-13-6-9-16(10-7-13)20-17(21)11-8-14-4-3-5-15-12-23-19(22)18(14)15/h1,3-7,9-10,22H,8,11-12H2,(H,20,21). The summed E-state index contributed by atoms with van der Waals surface area (Å²) in [7, 11) is -0.888. The van der Waals surface area contributed by atoms with Crippen LogP contribution < -0.4 is 10.8 Å². The van der Waals surface area contributed by atoms with E-state index in [9.17, 15) is 9.82 Å². The van der Waals surface area contributed by atoms with Crippen LogP contribution in [0.2, 0.25) is 0 Å². The van der Waals surface area contributed by atoms with Crippen LogP contribution >= 0.6 is 0 Å². The zero-order valence-electron chi connectivity index (χ0n) is 12.6. The minimum absolute atomic E-state index is 0.0792. The third kappa shape index (κ3) is 3.45. The van der Waals surface area contributed by atoms with E-state index in [0.717, 1.165) is 27.8 Å². The van der Waals surface area contributed by atoms with Gasteiger partial charge in [0.05, 0.1) is 6.61 Å². The number of amides is 1. The third-order valence-corrected chi connectivity index (χ3v) is 3.89. The molecule has 0 spiro atoms. The first-order valence-corrected chi connectivity index (χ1v) is 7.44. The fourth-order valence-electron chi connectivity index (χ4n) is 2.70. The van der Waals surface area contributed by atoms with Gasteiger partial charge in [0, 0.05) is 17.7 Å². The van der Waals surface area contributed by atoms with Crippen molar-refractivity contribution in [2.24, 2.45) is 0 Å². The number of hydrogen-bond acceptors (Lipinski definition) is 3. The maximum absolute atomic E-state index is 12.1. The van der Waals surface area contributed by atoms with E-state index >= 15 is 0 Å². The molecular formula is C18H16BNO3. The summed E-state index contributed by atoms with van der Waals surface area (Å²) in [5, 5.41) is 12.7. The molecule has 3 rings (SSSR count). The highest BCUT2D eigenvalue weighted by Crippen LogP contribution is 2.15. The molecule has 0 saturated carbocycles. The lowest BCUT2D eigenvalue weighted by molar-refractivity contribution is -0.116. The van der Waals surface area contributed by atoms with Crippen LogP contribution in [0.5, 0.6) is 0 Å². The van der Waals surface area contributed by atoms with Crippen LogP contribution in [0.25, 0.3) is 0 Å². The second-order valence-electron chi connectivity index (χ2n) is 5.42. The third-order valence-electron chi connectivity index (χ3n) is 3.89. The minimum atomic E-state index is -0.888. The van der Waals surface area contributed by atoms with Crippen molar-refractivity contribution in [1.29, 1.82) is 0 Å². The molecular weight excluding hydrogens is 289 g/mol. The predicted octanol–water partition coefficient (Wildman–Crippen LogP) is 1.46. The topological polar surface area (TPSA) is 58.6 Å². The number of nitrogens with one attached hydrogen (secondary N) is 1. The Labute approximate surface area is 135 Å². The van der Waals surface area contributed by atoms with E-state index < -0.39 is 7.12 Å².